The minimum Gasteiger partial charge on any atom is -0.486 e. The Balaban J connectivity index is 2.03. The van der Waals surface area contributed by atoms with Crippen molar-refractivity contribution >= 4 is 33.1 Å². The first-order valence-electron chi connectivity index (χ1n) is 5.06. The minimum atomic E-state index is 0.514. The number of rotatable bonds is 1. The van der Waals surface area contributed by atoms with Crippen LogP contribution < -0.4 is 15.2 Å². The maximum absolute atomic E-state index is 5.71. The smallest absolute Gasteiger partial charge is 0.162 e. The molecular formula is C11H9BrN2O2S. The Morgan fingerprint density at radius 2 is 2.00 bits per heavy atom. The van der Waals surface area contributed by atoms with E-state index in [1.165, 1.54) is 11.3 Å². The van der Waals surface area contributed by atoms with Gasteiger partial charge in [0.25, 0.3) is 0 Å². The number of fused-ring (bicyclic) bond motifs is 1. The largest absolute Gasteiger partial charge is 0.486 e. The van der Waals surface area contributed by atoms with Gasteiger partial charge in [-0.1, -0.05) is 0 Å². The molecule has 4 nitrogen and oxygen atoms in total. The highest BCUT2D eigenvalue weighted by Crippen LogP contribution is 2.38. The van der Waals surface area contributed by atoms with Crippen molar-refractivity contribution in [2.45, 2.75) is 0 Å². The molecule has 0 fully saturated rings. The molecule has 1 aliphatic heterocycles. The Morgan fingerprint density at radius 3 is 2.71 bits per heavy atom. The van der Waals surface area contributed by atoms with E-state index in [4.69, 9.17) is 15.2 Å². The number of nitrogens with zero attached hydrogens (tertiary/aromatic N) is 1. The highest BCUT2D eigenvalue weighted by atomic mass is 79.9. The summed E-state index contributed by atoms with van der Waals surface area (Å²) < 4.78 is 11.8. The second-order valence-electron chi connectivity index (χ2n) is 3.54. The van der Waals surface area contributed by atoms with Crippen molar-refractivity contribution in [3.8, 4) is 22.1 Å². The number of nitrogen functional groups attached to an aromatic ring is 1. The van der Waals surface area contributed by atoms with Crippen LogP contribution in [-0.2, 0) is 0 Å². The molecule has 0 radical (unpaired) electrons. The normalized spacial score (nSPS) is 13.7. The zero-order valence-electron chi connectivity index (χ0n) is 8.77. The molecule has 0 atom stereocenters. The third-order valence-corrected chi connectivity index (χ3v) is 4.20. The van der Waals surface area contributed by atoms with Crippen molar-refractivity contribution in [3.05, 3.63) is 22.0 Å². The van der Waals surface area contributed by atoms with Crippen molar-refractivity contribution in [2.75, 3.05) is 18.9 Å². The number of benzene rings is 1. The fourth-order valence-corrected chi connectivity index (χ4v) is 2.87. The third-order valence-electron chi connectivity index (χ3n) is 2.40. The van der Waals surface area contributed by atoms with E-state index in [1.807, 2.05) is 18.2 Å². The average molecular weight is 313 g/mol. The minimum absolute atomic E-state index is 0.514. The highest BCUT2D eigenvalue weighted by molar-refractivity contribution is 9.11. The van der Waals surface area contributed by atoms with Gasteiger partial charge >= 0.3 is 0 Å². The molecule has 1 aliphatic rings. The molecule has 1 aromatic heterocycles. The van der Waals surface area contributed by atoms with Crippen LogP contribution in [0.5, 0.6) is 11.5 Å². The van der Waals surface area contributed by atoms with Crippen molar-refractivity contribution < 1.29 is 9.47 Å². The van der Waals surface area contributed by atoms with Crippen LogP contribution in [0.1, 0.15) is 0 Å². The lowest BCUT2D eigenvalue weighted by atomic mass is 10.2. The van der Waals surface area contributed by atoms with E-state index in [-0.39, 0.29) is 0 Å². The summed E-state index contributed by atoms with van der Waals surface area (Å²) >= 11 is 4.87. The summed E-state index contributed by atoms with van der Waals surface area (Å²) in [5.41, 5.74) is 6.70. The van der Waals surface area contributed by atoms with Crippen molar-refractivity contribution in [1.82, 2.24) is 4.98 Å². The van der Waals surface area contributed by atoms with Gasteiger partial charge in [-0.2, -0.15) is 0 Å². The van der Waals surface area contributed by atoms with Gasteiger partial charge < -0.3 is 15.2 Å². The first kappa shape index (κ1) is 10.9. The van der Waals surface area contributed by atoms with Gasteiger partial charge in [0, 0.05) is 5.56 Å². The van der Waals surface area contributed by atoms with Crippen molar-refractivity contribution in [1.29, 1.82) is 0 Å². The molecule has 1 aromatic carbocycles. The number of thiazole rings is 1. The van der Waals surface area contributed by atoms with Gasteiger partial charge in [0.2, 0.25) is 0 Å². The standard InChI is InChI=1S/C11H9BrN2O2S/c12-9-10(13)14-11(17-9)6-1-2-7-8(5-6)16-4-3-15-7/h1-2,5H,3-4,13H2. The number of ether oxygens (including phenoxy) is 2. The van der Waals surface area contributed by atoms with Crippen LogP contribution in [0.2, 0.25) is 0 Å². The van der Waals surface area contributed by atoms with Crippen LogP contribution in [0, 0.1) is 0 Å². The molecule has 0 unspecified atom stereocenters. The molecule has 0 bridgehead atoms. The molecule has 2 heterocycles. The number of nitrogens with two attached hydrogens (primary N) is 1. The number of halogens is 1. The molecule has 0 aliphatic carbocycles. The fraction of sp³-hybridized carbons (Fsp3) is 0.182. The van der Waals surface area contributed by atoms with E-state index in [2.05, 4.69) is 20.9 Å². The van der Waals surface area contributed by atoms with Crippen LogP contribution in [0.15, 0.2) is 22.0 Å². The zero-order chi connectivity index (χ0) is 11.8. The first-order chi connectivity index (χ1) is 8.24. The van der Waals surface area contributed by atoms with Crippen molar-refractivity contribution in [2.24, 2.45) is 0 Å². The lowest BCUT2D eigenvalue weighted by Gasteiger charge is -2.18. The van der Waals surface area contributed by atoms with Crippen LogP contribution in [-0.4, -0.2) is 18.2 Å². The number of hydrogen-bond donors (Lipinski definition) is 1. The molecule has 17 heavy (non-hydrogen) atoms. The van der Waals surface area contributed by atoms with Gasteiger partial charge in [-0.3, -0.25) is 0 Å². The van der Waals surface area contributed by atoms with Crippen LogP contribution in [0.3, 0.4) is 0 Å². The van der Waals surface area contributed by atoms with E-state index >= 15 is 0 Å². The SMILES string of the molecule is Nc1nc(-c2ccc3c(c2)OCCO3)sc1Br. The number of anilines is 1. The molecule has 88 valence electrons. The first-order valence-corrected chi connectivity index (χ1v) is 6.67. The van der Waals surface area contributed by atoms with Gasteiger partial charge in [0.05, 0.1) is 0 Å². The molecule has 3 rings (SSSR count). The summed E-state index contributed by atoms with van der Waals surface area (Å²) in [5, 5.41) is 0.867. The van der Waals surface area contributed by atoms with E-state index in [9.17, 15) is 0 Å². The third kappa shape index (κ3) is 1.98. The maximum Gasteiger partial charge on any atom is 0.162 e. The van der Waals surface area contributed by atoms with Gasteiger partial charge in [-0.15, -0.1) is 11.3 Å². The Labute approximate surface area is 111 Å². The quantitative estimate of drug-likeness (QED) is 0.879. The predicted octanol–water partition coefficient (Wildman–Crippen LogP) is 2.93. The molecule has 0 amide bonds. The van der Waals surface area contributed by atoms with Crippen molar-refractivity contribution in [3.63, 3.8) is 0 Å². The number of hydrogen-bond acceptors (Lipinski definition) is 5. The average Bonchev–Trinajstić information content (AvgIpc) is 2.69. The van der Waals surface area contributed by atoms with Crippen LogP contribution in [0.4, 0.5) is 5.82 Å². The van der Waals surface area contributed by atoms with Gasteiger partial charge in [0.1, 0.15) is 27.8 Å². The Kier molecular flexibility index (Phi) is 2.68. The van der Waals surface area contributed by atoms with Gasteiger partial charge in [-0.25, -0.2) is 4.98 Å². The maximum atomic E-state index is 5.71. The summed E-state index contributed by atoms with van der Waals surface area (Å²) in [4.78, 5) is 4.28. The molecule has 2 aromatic rings. The second kappa shape index (κ2) is 4.19. The van der Waals surface area contributed by atoms with E-state index in [0.717, 1.165) is 25.9 Å². The topological polar surface area (TPSA) is 57.4 Å². The van der Waals surface area contributed by atoms with Gasteiger partial charge in [0.15, 0.2) is 11.5 Å². The highest BCUT2D eigenvalue weighted by Gasteiger charge is 2.14. The molecule has 6 heteroatoms. The summed E-state index contributed by atoms with van der Waals surface area (Å²) in [6.45, 7) is 1.18. The Bertz CT molecular complexity index is 551. The summed E-state index contributed by atoms with van der Waals surface area (Å²) in [7, 11) is 0. The molecule has 0 spiro atoms. The zero-order valence-corrected chi connectivity index (χ0v) is 11.2. The monoisotopic (exact) mass is 312 g/mol. The molecule has 0 saturated carbocycles. The molecule has 0 saturated heterocycles. The van der Waals surface area contributed by atoms with E-state index < -0.39 is 0 Å². The lowest BCUT2D eigenvalue weighted by Crippen LogP contribution is -2.15. The fourth-order valence-electron chi connectivity index (χ4n) is 1.61. The van der Waals surface area contributed by atoms with Crippen LogP contribution in [0.25, 0.3) is 10.6 Å². The van der Waals surface area contributed by atoms with E-state index in [0.29, 0.717) is 19.0 Å². The summed E-state index contributed by atoms with van der Waals surface area (Å²) in [6.07, 6.45) is 0. The molecular weight excluding hydrogens is 304 g/mol. The second-order valence-corrected chi connectivity index (χ2v) is 5.85. The Hall–Kier alpha value is -1.27. The summed E-state index contributed by atoms with van der Waals surface area (Å²) in [6, 6.07) is 5.78. The Morgan fingerprint density at radius 1 is 1.24 bits per heavy atom. The lowest BCUT2D eigenvalue weighted by molar-refractivity contribution is 0.171. The van der Waals surface area contributed by atoms with E-state index in [1.54, 1.807) is 0 Å². The summed E-state index contributed by atoms with van der Waals surface area (Å²) in [5.74, 6) is 2.06. The number of aromatic nitrogens is 1. The van der Waals surface area contributed by atoms with Crippen LogP contribution >= 0.6 is 27.3 Å². The predicted molar refractivity (Wildman–Crippen MR) is 70.7 cm³/mol. The van der Waals surface area contributed by atoms with Gasteiger partial charge in [-0.05, 0) is 34.1 Å². The molecule has 2 N–H and O–H groups in total.